The average molecular weight is 498 g/mol. The van der Waals surface area contributed by atoms with Crippen LogP contribution in [0.15, 0.2) is 33.5 Å². The molecule has 1 heterocycles. The maximum Gasteiger partial charge on any atom is 0.245 e. The number of sulfonamides is 1. The van der Waals surface area contributed by atoms with Crippen LogP contribution in [0.5, 0.6) is 0 Å². The van der Waals surface area contributed by atoms with Crippen molar-refractivity contribution in [2.24, 2.45) is 0 Å². The Labute approximate surface area is 198 Å². The molecule has 0 spiro atoms. The Morgan fingerprint density at radius 3 is 2.72 bits per heavy atom. The number of rotatable bonds is 11. The summed E-state index contributed by atoms with van der Waals surface area (Å²) in [5.74, 6) is -0.162. The first-order chi connectivity index (χ1) is 15.4. The van der Waals surface area contributed by atoms with E-state index in [9.17, 15) is 13.2 Å². The summed E-state index contributed by atoms with van der Waals surface area (Å²) in [5, 5.41) is 14.9. The summed E-state index contributed by atoms with van der Waals surface area (Å²) in [6, 6.07) is 6.59. The molecule has 0 unspecified atom stereocenters. The zero-order valence-electron chi connectivity index (χ0n) is 18.5. The van der Waals surface area contributed by atoms with Gasteiger partial charge in [0.2, 0.25) is 21.1 Å². The summed E-state index contributed by atoms with van der Waals surface area (Å²) < 4.78 is 28.7. The summed E-state index contributed by atoms with van der Waals surface area (Å²) in [7, 11) is -2.07. The van der Waals surface area contributed by atoms with Gasteiger partial charge in [-0.25, -0.2) is 8.42 Å². The van der Waals surface area contributed by atoms with E-state index in [4.69, 9.17) is 0 Å². The molecule has 1 aromatic heterocycles. The highest BCUT2D eigenvalue weighted by atomic mass is 32.2. The van der Waals surface area contributed by atoms with Crippen LogP contribution in [0.1, 0.15) is 51.9 Å². The fourth-order valence-electron chi connectivity index (χ4n) is 3.62. The van der Waals surface area contributed by atoms with Crippen molar-refractivity contribution in [2.75, 3.05) is 30.0 Å². The van der Waals surface area contributed by atoms with E-state index in [1.165, 1.54) is 27.4 Å². The molecule has 11 heteroatoms. The second kappa shape index (κ2) is 12.0. The predicted molar refractivity (Wildman–Crippen MR) is 131 cm³/mol. The van der Waals surface area contributed by atoms with E-state index in [1.807, 2.05) is 0 Å². The van der Waals surface area contributed by atoms with Crippen LogP contribution in [0.25, 0.3) is 0 Å². The van der Waals surface area contributed by atoms with Crippen LogP contribution in [0, 0.1) is 0 Å². The minimum Gasteiger partial charge on any atom is -0.360 e. The molecule has 0 radical (unpaired) electrons. The van der Waals surface area contributed by atoms with Gasteiger partial charge in [-0.3, -0.25) is 4.79 Å². The van der Waals surface area contributed by atoms with E-state index in [1.54, 1.807) is 31.3 Å². The van der Waals surface area contributed by atoms with Gasteiger partial charge in [-0.2, -0.15) is 4.31 Å². The van der Waals surface area contributed by atoms with Crippen LogP contribution >= 0.6 is 23.1 Å². The molecular formula is C21H31N5O3S3. The van der Waals surface area contributed by atoms with Crippen LogP contribution in [0.2, 0.25) is 0 Å². The van der Waals surface area contributed by atoms with E-state index >= 15 is 0 Å². The van der Waals surface area contributed by atoms with Crippen molar-refractivity contribution in [3.8, 4) is 0 Å². The molecule has 3 rings (SSSR count). The van der Waals surface area contributed by atoms with Crippen LogP contribution in [-0.2, 0) is 14.8 Å². The number of aromatic nitrogens is 2. The maximum absolute atomic E-state index is 13.3. The van der Waals surface area contributed by atoms with Crippen molar-refractivity contribution < 1.29 is 13.2 Å². The van der Waals surface area contributed by atoms with E-state index in [-0.39, 0.29) is 22.6 Å². The first kappa shape index (κ1) is 24.9. The lowest BCUT2D eigenvalue weighted by Crippen LogP contribution is -2.38. The highest BCUT2D eigenvalue weighted by Crippen LogP contribution is 2.30. The Kier molecular flexibility index (Phi) is 9.33. The zero-order chi connectivity index (χ0) is 23.0. The summed E-state index contributed by atoms with van der Waals surface area (Å²) in [5.41, 5.74) is 0.306. The molecule has 1 saturated carbocycles. The van der Waals surface area contributed by atoms with Crippen molar-refractivity contribution >= 4 is 49.8 Å². The number of para-hydroxylation sites is 1. The minimum absolute atomic E-state index is 0.00518. The number of anilines is 2. The van der Waals surface area contributed by atoms with Gasteiger partial charge in [0.15, 0.2) is 4.34 Å². The molecule has 1 aromatic carbocycles. The maximum atomic E-state index is 13.3. The Balaban J connectivity index is 1.61. The third kappa shape index (κ3) is 6.66. The molecule has 1 amide bonds. The molecule has 0 bridgehead atoms. The van der Waals surface area contributed by atoms with Crippen molar-refractivity contribution in [1.29, 1.82) is 0 Å². The third-order valence-corrected chi connectivity index (χ3v) is 9.43. The molecule has 1 aliphatic rings. The fourth-order valence-corrected chi connectivity index (χ4v) is 6.75. The Hall–Kier alpha value is -1.69. The summed E-state index contributed by atoms with van der Waals surface area (Å²) in [4.78, 5) is 12.7. The highest BCUT2D eigenvalue weighted by Gasteiger charge is 2.31. The van der Waals surface area contributed by atoms with Gasteiger partial charge in [0, 0.05) is 19.6 Å². The third-order valence-electron chi connectivity index (χ3n) is 5.45. The molecule has 2 N–H and O–H groups in total. The monoisotopic (exact) mass is 497 g/mol. The topological polar surface area (TPSA) is 104 Å². The molecule has 32 heavy (non-hydrogen) atoms. The van der Waals surface area contributed by atoms with Gasteiger partial charge in [-0.05, 0) is 31.4 Å². The van der Waals surface area contributed by atoms with Crippen LogP contribution < -0.4 is 10.6 Å². The first-order valence-corrected chi connectivity index (χ1v) is 14.2. The van der Waals surface area contributed by atoms with Crippen LogP contribution in [-0.4, -0.2) is 54.2 Å². The van der Waals surface area contributed by atoms with Crippen molar-refractivity contribution in [2.45, 2.75) is 67.1 Å². The van der Waals surface area contributed by atoms with Crippen molar-refractivity contribution in [3.05, 3.63) is 24.3 Å². The van der Waals surface area contributed by atoms with Gasteiger partial charge in [-0.1, -0.05) is 67.8 Å². The molecular weight excluding hydrogens is 466 g/mol. The number of nitrogens with zero attached hydrogens (tertiary/aromatic N) is 3. The fraction of sp³-hybridized carbons (Fsp3) is 0.571. The number of hydrogen-bond donors (Lipinski definition) is 2. The van der Waals surface area contributed by atoms with Gasteiger partial charge in [-0.15, -0.1) is 10.2 Å². The number of carbonyl (C=O) groups is 1. The summed E-state index contributed by atoms with van der Waals surface area (Å²) >= 11 is 2.69. The molecule has 0 atom stereocenters. The summed E-state index contributed by atoms with van der Waals surface area (Å²) in [6.07, 6.45) is 7.14. The van der Waals surface area contributed by atoms with Crippen LogP contribution in [0.3, 0.4) is 0 Å². The van der Waals surface area contributed by atoms with Crippen molar-refractivity contribution in [3.63, 3.8) is 0 Å². The van der Waals surface area contributed by atoms with E-state index in [2.05, 4.69) is 27.8 Å². The van der Waals surface area contributed by atoms with Gasteiger partial charge in [0.05, 0.1) is 11.4 Å². The summed E-state index contributed by atoms with van der Waals surface area (Å²) in [6.45, 7) is 2.97. The van der Waals surface area contributed by atoms with E-state index < -0.39 is 10.0 Å². The molecule has 0 saturated heterocycles. The van der Waals surface area contributed by atoms with Gasteiger partial charge in [0.1, 0.15) is 4.90 Å². The Morgan fingerprint density at radius 2 is 1.97 bits per heavy atom. The van der Waals surface area contributed by atoms with Crippen molar-refractivity contribution in [1.82, 2.24) is 14.5 Å². The molecule has 176 valence electrons. The molecule has 1 fully saturated rings. The van der Waals surface area contributed by atoms with Gasteiger partial charge in [0.25, 0.3) is 0 Å². The Morgan fingerprint density at radius 1 is 1.22 bits per heavy atom. The average Bonchev–Trinajstić information content (AvgIpc) is 3.26. The lowest BCUT2D eigenvalue weighted by Gasteiger charge is -2.30. The number of benzene rings is 1. The second-order valence-corrected chi connectivity index (χ2v) is 12.0. The first-order valence-electron chi connectivity index (χ1n) is 11.0. The normalized spacial score (nSPS) is 15.1. The number of unbranched alkanes of at least 4 members (excludes halogenated alkanes) is 1. The number of nitrogens with one attached hydrogen (secondary N) is 2. The highest BCUT2D eigenvalue weighted by molar-refractivity contribution is 8.01. The largest absolute Gasteiger partial charge is 0.360 e. The van der Waals surface area contributed by atoms with Gasteiger partial charge < -0.3 is 10.6 Å². The van der Waals surface area contributed by atoms with E-state index in [0.29, 0.717) is 10.0 Å². The number of amides is 1. The lowest BCUT2D eigenvalue weighted by atomic mass is 9.96. The molecule has 8 nitrogen and oxygen atoms in total. The molecule has 1 aliphatic carbocycles. The number of carbonyl (C=O) groups excluding carboxylic acids is 1. The van der Waals surface area contributed by atoms with E-state index in [0.717, 1.165) is 56.6 Å². The predicted octanol–water partition coefficient (Wildman–Crippen LogP) is 4.43. The second-order valence-electron chi connectivity index (χ2n) is 7.80. The Bertz CT molecular complexity index is 990. The minimum atomic E-state index is -3.71. The quantitative estimate of drug-likeness (QED) is 0.349. The SMILES string of the molecule is CCCCNc1nnc(SCC(=O)Nc2ccccc2S(=O)(=O)N(C)C2CCCCC2)s1. The molecule has 0 aliphatic heterocycles. The number of hydrogen-bond acceptors (Lipinski definition) is 8. The lowest BCUT2D eigenvalue weighted by molar-refractivity contribution is -0.113. The van der Waals surface area contributed by atoms with Gasteiger partial charge >= 0.3 is 0 Å². The molecule has 2 aromatic rings. The smallest absolute Gasteiger partial charge is 0.245 e. The zero-order valence-corrected chi connectivity index (χ0v) is 21.0. The number of thioether (sulfide) groups is 1. The standard InChI is InChI=1S/C21H31N5O3S3/c1-3-4-14-22-20-24-25-21(31-20)30-15-19(27)23-17-12-8-9-13-18(17)32(28,29)26(2)16-10-6-5-7-11-16/h8-9,12-13,16H,3-7,10-11,14-15H2,1-2H3,(H,22,24)(H,23,27). The van der Waals surface area contributed by atoms with Crippen LogP contribution in [0.4, 0.5) is 10.8 Å².